The minimum absolute atomic E-state index is 0. The van der Waals surface area contributed by atoms with Gasteiger partial charge in [-0.05, 0) is 62.0 Å². The second-order valence-electron chi connectivity index (χ2n) is 8.19. The molecule has 5 nitrogen and oxygen atoms in total. The lowest BCUT2D eigenvalue weighted by molar-refractivity contribution is -0.130. The molecule has 1 aliphatic heterocycles. The van der Waals surface area contributed by atoms with Crippen molar-refractivity contribution in [1.82, 2.24) is 5.32 Å². The summed E-state index contributed by atoms with van der Waals surface area (Å²) < 4.78 is 0. The molecule has 2 saturated carbocycles. The molecule has 148 valence electrons. The molecule has 27 heavy (non-hydrogen) atoms. The normalized spacial score (nSPS) is 29.3. The van der Waals surface area contributed by atoms with Gasteiger partial charge in [-0.3, -0.25) is 9.59 Å². The zero-order chi connectivity index (χ0) is 18.1. The standard InChI is InChI=1S/C21H29N3O2.ClH/c22-20-15-6-3-7-16(20)12-17(11-15)21(26)23-13-19(25)24-10-4-8-14-5-1-2-9-18(14)24;/h1-2,5,9,15-17,20H,3-4,6-8,10-13,22H2,(H,23,26);1H. The quantitative estimate of drug-likeness (QED) is 0.831. The second kappa shape index (κ2) is 8.61. The fourth-order valence-corrected chi connectivity index (χ4v) is 5.20. The molecular formula is C21H30ClN3O2. The van der Waals surface area contributed by atoms with Gasteiger partial charge in [-0.2, -0.15) is 0 Å². The van der Waals surface area contributed by atoms with Gasteiger partial charge in [0.15, 0.2) is 0 Å². The molecule has 1 heterocycles. The molecule has 2 amide bonds. The van der Waals surface area contributed by atoms with Crippen molar-refractivity contribution in [3.8, 4) is 0 Å². The number of hydrogen-bond donors (Lipinski definition) is 2. The highest BCUT2D eigenvalue weighted by Crippen LogP contribution is 2.41. The number of hydrogen-bond acceptors (Lipinski definition) is 3. The zero-order valence-electron chi connectivity index (χ0n) is 15.7. The third kappa shape index (κ3) is 4.14. The number of carbonyl (C=O) groups excluding carboxylic acids is 2. The maximum absolute atomic E-state index is 12.7. The van der Waals surface area contributed by atoms with Crippen molar-refractivity contribution in [2.24, 2.45) is 23.5 Å². The number of anilines is 1. The van der Waals surface area contributed by atoms with E-state index in [1.165, 1.54) is 12.0 Å². The number of nitrogens with zero attached hydrogens (tertiary/aromatic N) is 1. The van der Waals surface area contributed by atoms with E-state index in [4.69, 9.17) is 5.73 Å². The van der Waals surface area contributed by atoms with Crippen LogP contribution in [0.5, 0.6) is 0 Å². The smallest absolute Gasteiger partial charge is 0.246 e. The lowest BCUT2D eigenvalue weighted by atomic mass is 9.65. The van der Waals surface area contributed by atoms with Crippen molar-refractivity contribution in [1.29, 1.82) is 0 Å². The Balaban J connectivity index is 0.00000210. The van der Waals surface area contributed by atoms with E-state index in [1.54, 1.807) is 0 Å². The van der Waals surface area contributed by atoms with Crippen LogP contribution < -0.4 is 16.0 Å². The summed E-state index contributed by atoms with van der Waals surface area (Å²) in [4.78, 5) is 27.2. The zero-order valence-corrected chi connectivity index (χ0v) is 16.5. The third-order valence-corrected chi connectivity index (χ3v) is 6.61. The first-order valence-electron chi connectivity index (χ1n) is 10.0. The van der Waals surface area contributed by atoms with Crippen LogP contribution in [0.4, 0.5) is 5.69 Å². The first-order valence-corrected chi connectivity index (χ1v) is 10.0. The molecule has 2 fully saturated rings. The average Bonchev–Trinajstić information content (AvgIpc) is 2.65. The van der Waals surface area contributed by atoms with Crippen LogP contribution >= 0.6 is 12.4 Å². The summed E-state index contributed by atoms with van der Waals surface area (Å²) in [6.45, 7) is 0.819. The summed E-state index contributed by atoms with van der Waals surface area (Å²) in [5.74, 6) is 0.989. The fourth-order valence-electron chi connectivity index (χ4n) is 5.20. The van der Waals surface area contributed by atoms with Crippen molar-refractivity contribution in [2.75, 3.05) is 18.0 Å². The van der Waals surface area contributed by atoms with Gasteiger partial charge >= 0.3 is 0 Å². The SMILES string of the molecule is Cl.NC1C2CCCC1CC(C(=O)NCC(=O)N1CCCc3ccccc31)C2. The van der Waals surface area contributed by atoms with Crippen molar-refractivity contribution >= 4 is 29.9 Å². The topological polar surface area (TPSA) is 75.4 Å². The summed E-state index contributed by atoms with van der Waals surface area (Å²) in [6.07, 6.45) is 7.27. The van der Waals surface area contributed by atoms with E-state index in [-0.39, 0.29) is 42.7 Å². The molecular weight excluding hydrogens is 362 g/mol. The largest absolute Gasteiger partial charge is 0.347 e. The number of halogens is 1. The van der Waals surface area contributed by atoms with Gasteiger partial charge in [-0.1, -0.05) is 24.6 Å². The van der Waals surface area contributed by atoms with Crippen LogP contribution in [0, 0.1) is 17.8 Å². The third-order valence-electron chi connectivity index (χ3n) is 6.61. The molecule has 3 N–H and O–H groups in total. The summed E-state index contributed by atoms with van der Waals surface area (Å²) in [6, 6.07) is 8.32. The van der Waals surface area contributed by atoms with Crippen LogP contribution in [0.3, 0.4) is 0 Å². The minimum Gasteiger partial charge on any atom is -0.347 e. The first kappa shape index (κ1) is 20.2. The maximum atomic E-state index is 12.7. The predicted octanol–water partition coefficient (Wildman–Crippen LogP) is 2.66. The molecule has 0 radical (unpaired) electrons. The maximum Gasteiger partial charge on any atom is 0.246 e. The Morgan fingerprint density at radius 1 is 1.11 bits per heavy atom. The van der Waals surface area contributed by atoms with Crippen LogP contribution in [-0.4, -0.2) is 30.9 Å². The minimum atomic E-state index is -0.0156. The molecule has 3 aliphatic rings. The van der Waals surface area contributed by atoms with E-state index in [9.17, 15) is 9.59 Å². The van der Waals surface area contributed by atoms with Gasteiger partial charge in [-0.25, -0.2) is 0 Å². The van der Waals surface area contributed by atoms with E-state index >= 15 is 0 Å². The Hall–Kier alpha value is -1.59. The van der Waals surface area contributed by atoms with Gasteiger partial charge in [0.1, 0.15) is 0 Å². The van der Waals surface area contributed by atoms with Crippen molar-refractivity contribution in [3.05, 3.63) is 29.8 Å². The molecule has 2 bridgehead atoms. The fraction of sp³-hybridized carbons (Fsp3) is 0.619. The van der Waals surface area contributed by atoms with Crippen molar-refractivity contribution in [2.45, 2.75) is 51.0 Å². The Labute approximate surface area is 167 Å². The van der Waals surface area contributed by atoms with Gasteiger partial charge in [0.05, 0.1) is 6.54 Å². The number of benzene rings is 1. The van der Waals surface area contributed by atoms with Gasteiger partial charge < -0.3 is 16.0 Å². The van der Waals surface area contributed by atoms with E-state index in [1.807, 2.05) is 23.1 Å². The second-order valence-corrected chi connectivity index (χ2v) is 8.19. The highest BCUT2D eigenvalue weighted by molar-refractivity contribution is 5.97. The Bertz CT molecular complexity index is 682. The molecule has 1 aromatic rings. The molecule has 2 atom stereocenters. The molecule has 0 spiro atoms. The summed E-state index contributed by atoms with van der Waals surface area (Å²) in [7, 11) is 0. The number of para-hydroxylation sites is 1. The van der Waals surface area contributed by atoms with Gasteiger partial charge in [0, 0.05) is 24.2 Å². The Morgan fingerprint density at radius 3 is 2.56 bits per heavy atom. The summed E-state index contributed by atoms with van der Waals surface area (Å²) >= 11 is 0. The van der Waals surface area contributed by atoms with Gasteiger partial charge in [-0.15, -0.1) is 12.4 Å². The number of nitrogens with two attached hydrogens (primary N) is 1. The van der Waals surface area contributed by atoms with E-state index < -0.39 is 0 Å². The Morgan fingerprint density at radius 2 is 1.81 bits per heavy atom. The van der Waals surface area contributed by atoms with Crippen LogP contribution in [0.25, 0.3) is 0 Å². The molecule has 0 saturated heterocycles. The number of rotatable bonds is 3. The van der Waals surface area contributed by atoms with E-state index in [0.29, 0.717) is 11.8 Å². The highest BCUT2D eigenvalue weighted by atomic mass is 35.5. The van der Waals surface area contributed by atoms with Crippen LogP contribution in [0.15, 0.2) is 24.3 Å². The molecule has 4 rings (SSSR count). The number of carbonyl (C=O) groups is 2. The lowest BCUT2D eigenvalue weighted by Gasteiger charge is -2.43. The van der Waals surface area contributed by atoms with Crippen molar-refractivity contribution in [3.63, 3.8) is 0 Å². The van der Waals surface area contributed by atoms with Crippen LogP contribution in [-0.2, 0) is 16.0 Å². The predicted molar refractivity (Wildman–Crippen MR) is 109 cm³/mol. The van der Waals surface area contributed by atoms with Crippen molar-refractivity contribution < 1.29 is 9.59 Å². The number of nitrogens with one attached hydrogen (secondary N) is 1. The Kier molecular flexibility index (Phi) is 6.43. The van der Waals surface area contributed by atoms with E-state index in [2.05, 4.69) is 11.4 Å². The monoisotopic (exact) mass is 391 g/mol. The summed E-state index contributed by atoms with van der Waals surface area (Å²) in [5, 5.41) is 2.91. The van der Waals surface area contributed by atoms with Crippen LogP contribution in [0.2, 0.25) is 0 Å². The average molecular weight is 392 g/mol. The summed E-state index contributed by atoms with van der Waals surface area (Å²) in [5.41, 5.74) is 8.53. The number of amides is 2. The molecule has 6 heteroatoms. The first-order chi connectivity index (χ1) is 12.6. The molecule has 1 aromatic carbocycles. The molecule has 2 unspecified atom stereocenters. The molecule has 0 aromatic heterocycles. The van der Waals surface area contributed by atoms with Gasteiger partial charge in [0.2, 0.25) is 11.8 Å². The van der Waals surface area contributed by atoms with Gasteiger partial charge in [0.25, 0.3) is 0 Å². The van der Waals surface area contributed by atoms with E-state index in [0.717, 1.165) is 50.8 Å². The highest BCUT2D eigenvalue weighted by Gasteiger charge is 2.40. The number of fused-ring (bicyclic) bond motifs is 3. The van der Waals surface area contributed by atoms with Crippen LogP contribution in [0.1, 0.15) is 44.1 Å². The molecule has 2 aliphatic carbocycles. The lowest BCUT2D eigenvalue weighted by Crippen LogP contribution is -2.50. The number of aryl methyl sites for hydroxylation is 1.